The van der Waals surface area contributed by atoms with Gasteiger partial charge in [0.1, 0.15) is 10.7 Å². The van der Waals surface area contributed by atoms with Gasteiger partial charge >= 0.3 is 0 Å². The number of unbranched alkanes of at least 4 members (excludes halogenated alkanes) is 2. The second-order valence-corrected chi connectivity index (χ2v) is 7.24. The van der Waals surface area contributed by atoms with Crippen molar-refractivity contribution in [3.8, 4) is 0 Å². The van der Waals surface area contributed by atoms with Crippen molar-refractivity contribution >= 4 is 15.7 Å². The minimum absolute atomic E-state index is 0.225. The summed E-state index contributed by atoms with van der Waals surface area (Å²) in [7, 11) is -3.87. The van der Waals surface area contributed by atoms with Crippen LogP contribution in [0.1, 0.15) is 19.3 Å². The predicted octanol–water partition coefficient (Wildman–Crippen LogP) is 2.40. The van der Waals surface area contributed by atoms with Gasteiger partial charge in [-0.3, -0.25) is 4.39 Å². The number of alkyl halides is 1. The molecule has 0 unspecified atom stereocenters. The highest BCUT2D eigenvalue weighted by Crippen LogP contribution is 2.23. The molecule has 1 heterocycles. The van der Waals surface area contributed by atoms with Crippen LogP contribution in [0.4, 0.5) is 14.5 Å². The van der Waals surface area contributed by atoms with Gasteiger partial charge in [0, 0.05) is 25.3 Å². The van der Waals surface area contributed by atoms with Crippen molar-refractivity contribution in [1.82, 2.24) is 4.31 Å². The Morgan fingerprint density at radius 1 is 1.17 bits per heavy atom. The Labute approximate surface area is 135 Å². The number of benzene rings is 1. The summed E-state index contributed by atoms with van der Waals surface area (Å²) in [5.41, 5.74) is 0.540. The molecule has 0 aromatic heterocycles. The maximum atomic E-state index is 14.0. The number of ether oxygens (including phenoxy) is 1. The number of halogens is 2. The number of morpholine rings is 1. The molecule has 1 aliphatic rings. The van der Waals surface area contributed by atoms with Gasteiger partial charge in [-0.15, -0.1) is 0 Å². The third kappa shape index (κ3) is 4.86. The molecule has 0 spiro atoms. The van der Waals surface area contributed by atoms with Crippen LogP contribution in [0.15, 0.2) is 23.1 Å². The summed E-state index contributed by atoms with van der Waals surface area (Å²) in [4.78, 5) is -0.326. The van der Waals surface area contributed by atoms with E-state index in [1.807, 2.05) is 0 Å². The Hall–Kier alpha value is -1.25. The van der Waals surface area contributed by atoms with Crippen LogP contribution in [-0.4, -0.2) is 52.2 Å². The molecule has 0 saturated carbocycles. The maximum absolute atomic E-state index is 14.0. The molecule has 1 fully saturated rings. The molecule has 8 heteroatoms. The van der Waals surface area contributed by atoms with Crippen molar-refractivity contribution < 1.29 is 21.9 Å². The van der Waals surface area contributed by atoms with Gasteiger partial charge in [-0.05, 0) is 37.5 Å². The Morgan fingerprint density at radius 3 is 2.61 bits per heavy atom. The molecule has 1 aromatic carbocycles. The molecule has 0 bridgehead atoms. The molecular weight excluding hydrogens is 326 g/mol. The van der Waals surface area contributed by atoms with Crippen LogP contribution in [0.25, 0.3) is 0 Å². The lowest BCUT2D eigenvalue weighted by Gasteiger charge is -2.26. The first-order chi connectivity index (χ1) is 11.1. The maximum Gasteiger partial charge on any atom is 0.246 e. The summed E-state index contributed by atoms with van der Waals surface area (Å²) >= 11 is 0. The zero-order valence-corrected chi connectivity index (χ0v) is 13.7. The fraction of sp³-hybridized carbons (Fsp3) is 0.600. The molecule has 1 N–H and O–H groups in total. The first kappa shape index (κ1) is 18.1. The Morgan fingerprint density at radius 2 is 1.91 bits per heavy atom. The Bertz CT molecular complexity index is 605. The standard InChI is InChI=1S/C15H22F2N2O3S/c16-6-2-1-3-7-18-13-4-5-14(17)15(12-13)23(20,21)19-8-10-22-11-9-19/h4-5,12,18H,1-3,6-11H2. The van der Waals surface area contributed by atoms with E-state index in [4.69, 9.17) is 4.74 Å². The highest BCUT2D eigenvalue weighted by atomic mass is 32.2. The Balaban J connectivity index is 2.07. The van der Waals surface area contributed by atoms with Crippen LogP contribution in [-0.2, 0) is 14.8 Å². The third-order valence-corrected chi connectivity index (χ3v) is 5.57. The van der Waals surface area contributed by atoms with Crippen molar-refractivity contribution in [2.75, 3.05) is 44.8 Å². The van der Waals surface area contributed by atoms with Gasteiger partial charge in [-0.2, -0.15) is 4.31 Å². The number of sulfonamides is 1. The topological polar surface area (TPSA) is 58.6 Å². The summed E-state index contributed by atoms with van der Waals surface area (Å²) in [5, 5.41) is 3.05. The lowest BCUT2D eigenvalue weighted by Crippen LogP contribution is -2.40. The van der Waals surface area contributed by atoms with Gasteiger partial charge in [0.2, 0.25) is 10.0 Å². The average molecular weight is 348 g/mol. The molecule has 5 nitrogen and oxygen atoms in total. The molecule has 0 radical (unpaired) electrons. The number of hydrogen-bond acceptors (Lipinski definition) is 4. The Kier molecular flexibility index (Phi) is 6.73. The second kappa shape index (κ2) is 8.56. The molecule has 2 rings (SSSR count). The second-order valence-electron chi connectivity index (χ2n) is 5.34. The van der Waals surface area contributed by atoms with Gasteiger partial charge in [-0.1, -0.05) is 0 Å². The molecule has 1 saturated heterocycles. The third-order valence-electron chi connectivity index (χ3n) is 3.66. The fourth-order valence-electron chi connectivity index (χ4n) is 2.37. The number of nitrogens with one attached hydrogen (secondary N) is 1. The summed E-state index contributed by atoms with van der Waals surface area (Å²) in [6.45, 7) is 1.33. The van der Waals surface area contributed by atoms with Gasteiger partial charge in [0.25, 0.3) is 0 Å². The van der Waals surface area contributed by atoms with Crippen molar-refractivity contribution in [3.63, 3.8) is 0 Å². The smallest absolute Gasteiger partial charge is 0.246 e. The molecule has 1 aliphatic heterocycles. The van der Waals surface area contributed by atoms with Crippen LogP contribution < -0.4 is 5.32 Å². The minimum Gasteiger partial charge on any atom is -0.385 e. The van der Waals surface area contributed by atoms with Crippen LogP contribution >= 0.6 is 0 Å². The predicted molar refractivity (Wildman–Crippen MR) is 84.3 cm³/mol. The average Bonchev–Trinajstić information content (AvgIpc) is 2.56. The largest absolute Gasteiger partial charge is 0.385 e. The number of nitrogens with zero attached hydrogens (tertiary/aromatic N) is 1. The lowest BCUT2D eigenvalue weighted by atomic mass is 10.2. The van der Waals surface area contributed by atoms with Crippen molar-refractivity contribution in [3.05, 3.63) is 24.0 Å². The summed E-state index contributed by atoms with van der Waals surface area (Å²) in [6.07, 6.45) is 2.04. The summed E-state index contributed by atoms with van der Waals surface area (Å²) < 4.78 is 57.4. The molecule has 23 heavy (non-hydrogen) atoms. The van der Waals surface area contributed by atoms with E-state index in [0.717, 1.165) is 18.9 Å². The zero-order valence-electron chi connectivity index (χ0n) is 12.9. The van der Waals surface area contributed by atoms with Gasteiger partial charge in [-0.25, -0.2) is 12.8 Å². The van der Waals surface area contributed by atoms with Crippen molar-refractivity contribution in [1.29, 1.82) is 0 Å². The lowest BCUT2D eigenvalue weighted by molar-refractivity contribution is 0.0729. The molecule has 0 amide bonds. The molecule has 1 aromatic rings. The quantitative estimate of drug-likeness (QED) is 0.733. The van der Waals surface area contributed by atoms with E-state index in [-0.39, 0.29) is 24.7 Å². The van der Waals surface area contributed by atoms with Crippen molar-refractivity contribution in [2.45, 2.75) is 24.2 Å². The highest BCUT2D eigenvalue weighted by Gasteiger charge is 2.29. The monoisotopic (exact) mass is 348 g/mol. The van der Waals surface area contributed by atoms with E-state index < -0.39 is 15.8 Å². The van der Waals surface area contributed by atoms with Crippen LogP contribution in [0.2, 0.25) is 0 Å². The zero-order chi connectivity index (χ0) is 16.7. The SMILES string of the molecule is O=S(=O)(c1cc(NCCCCCF)ccc1F)N1CCOCC1. The van der Waals surface area contributed by atoms with Gasteiger partial charge < -0.3 is 10.1 Å². The molecular formula is C15H22F2N2O3S. The first-order valence-electron chi connectivity index (χ1n) is 7.73. The van der Waals surface area contributed by atoms with E-state index in [0.29, 0.717) is 31.9 Å². The van der Waals surface area contributed by atoms with Gasteiger partial charge in [0.15, 0.2) is 0 Å². The number of anilines is 1. The molecule has 0 aliphatic carbocycles. The van der Waals surface area contributed by atoms with E-state index in [1.54, 1.807) is 0 Å². The number of rotatable bonds is 8. The van der Waals surface area contributed by atoms with Crippen LogP contribution in [0.3, 0.4) is 0 Å². The summed E-state index contributed by atoms with van der Waals surface area (Å²) in [6, 6.07) is 3.97. The van der Waals surface area contributed by atoms with E-state index in [1.165, 1.54) is 16.4 Å². The van der Waals surface area contributed by atoms with E-state index >= 15 is 0 Å². The normalized spacial score (nSPS) is 16.4. The molecule has 130 valence electrons. The number of hydrogen-bond donors (Lipinski definition) is 1. The van der Waals surface area contributed by atoms with Crippen LogP contribution in [0.5, 0.6) is 0 Å². The first-order valence-corrected chi connectivity index (χ1v) is 9.17. The van der Waals surface area contributed by atoms with Gasteiger partial charge in [0.05, 0.1) is 19.9 Å². The molecule has 0 atom stereocenters. The van der Waals surface area contributed by atoms with E-state index in [2.05, 4.69) is 5.32 Å². The summed E-state index contributed by atoms with van der Waals surface area (Å²) in [5.74, 6) is -0.764. The van der Waals surface area contributed by atoms with E-state index in [9.17, 15) is 17.2 Å². The minimum atomic E-state index is -3.87. The highest BCUT2D eigenvalue weighted by molar-refractivity contribution is 7.89. The van der Waals surface area contributed by atoms with Crippen molar-refractivity contribution in [2.24, 2.45) is 0 Å². The van der Waals surface area contributed by atoms with Crippen LogP contribution in [0, 0.1) is 5.82 Å². The fourth-order valence-corrected chi connectivity index (χ4v) is 3.86.